The second-order valence-corrected chi connectivity index (χ2v) is 20.0. The van der Waals surface area contributed by atoms with E-state index in [9.17, 15) is 23.2 Å². The minimum atomic E-state index is -3.54. The molecule has 8 nitrogen and oxygen atoms in total. The molecule has 2 atom stereocenters. The molecule has 1 aliphatic heterocycles. The maximum Gasteiger partial charge on any atom is 0.377 e. The van der Waals surface area contributed by atoms with E-state index in [2.05, 4.69) is 0 Å². The van der Waals surface area contributed by atoms with Crippen molar-refractivity contribution in [2.45, 2.75) is 139 Å². The average Bonchev–Trinajstić information content (AvgIpc) is 3.04. The first-order chi connectivity index (χ1) is 23.8. The summed E-state index contributed by atoms with van der Waals surface area (Å²) in [5.74, 6) is -2.11. The lowest BCUT2D eigenvalue weighted by Crippen LogP contribution is -2.70. The first-order valence-corrected chi connectivity index (χ1v) is 20.0. The first kappa shape index (κ1) is 33.0. The lowest BCUT2D eigenvalue weighted by molar-refractivity contribution is -0.404. The Kier molecular flexibility index (Phi) is 7.22. The largest absolute Gasteiger partial charge is 0.462 e. The van der Waals surface area contributed by atoms with Gasteiger partial charge < -0.3 is 23.7 Å². The summed E-state index contributed by atoms with van der Waals surface area (Å²) in [6.07, 6.45) is 16.2. The molecule has 0 aromatic heterocycles. The summed E-state index contributed by atoms with van der Waals surface area (Å²) in [5.41, 5.74) is -2.76. The normalized spacial score (nSPS) is 52.1. The fourth-order valence-electron chi connectivity index (χ4n) is 15.1. The lowest BCUT2D eigenvalue weighted by atomic mass is 9.48. The summed E-state index contributed by atoms with van der Waals surface area (Å²) in [5, 5.41) is 0. The second-order valence-electron chi connectivity index (χ2n) is 20.0. The third kappa shape index (κ3) is 5.13. The molecule has 0 radical (unpaired) electrons. The van der Waals surface area contributed by atoms with E-state index >= 15 is 0 Å². The van der Waals surface area contributed by atoms with Crippen LogP contribution in [0.15, 0.2) is 0 Å². The summed E-state index contributed by atoms with van der Waals surface area (Å²) in [7, 11) is 0. The number of carbonyl (C=O) groups is 3. The Morgan fingerprint density at radius 1 is 0.660 bits per heavy atom. The van der Waals surface area contributed by atoms with Crippen molar-refractivity contribution in [2.24, 2.45) is 64.1 Å². The van der Waals surface area contributed by atoms with Gasteiger partial charge in [-0.05, 0) is 151 Å². The van der Waals surface area contributed by atoms with Crippen molar-refractivity contribution >= 4 is 17.7 Å². The quantitative estimate of drug-likeness (QED) is 0.242. The van der Waals surface area contributed by atoms with E-state index in [1.165, 1.54) is 38.5 Å². The van der Waals surface area contributed by atoms with Gasteiger partial charge in [-0.2, -0.15) is 8.78 Å². The molecule has 12 aliphatic carbocycles. The molecule has 0 aromatic carbocycles. The maximum absolute atomic E-state index is 14.1. The number of rotatable bonds is 9. The lowest BCUT2D eigenvalue weighted by Gasteiger charge is -2.65. The number of carbonyl (C=O) groups excluding carboxylic acids is 3. The Balaban J connectivity index is 0.868. The number of hydrogen-bond donors (Lipinski definition) is 0. The van der Waals surface area contributed by atoms with E-state index in [1.54, 1.807) is 0 Å². The molecule has 1 saturated heterocycles. The molecular formula is C40H54F2O8. The molecule has 276 valence electrons. The highest BCUT2D eigenvalue weighted by molar-refractivity contribution is 5.86. The van der Waals surface area contributed by atoms with Crippen molar-refractivity contribution in [3.05, 3.63) is 0 Å². The maximum atomic E-state index is 14.1. The Labute approximate surface area is 293 Å². The molecule has 10 heteroatoms. The molecule has 1 heterocycles. The second kappa shape index (κ2) is 11.0. The predicted molar refractivity (Wildman–Crippen MR) is 173 cm³/mol. The molecule has 12 saturated carbocycles. The molecule has 0 N–H and O–H groups in total. The number of ketones is 1. The molecule has 13 rings (SSSR count). The Morgan fingerprint density at radius 2 is 1.12 bits per heavy atom. The Morgan fingerprint density at radius 3 is 1.60 bits per heavy atom. The molecule has 50 heavy (non-hydrogen) atoms. The predicted octanol–water partition coefficient (Wildman–Crippen LogP) is 6.81. The summed E-state index contributed by atoms with van der Waals surface area (Å²) < 4.78 is 60.0. The topological polar surface area (TPSA) is 97.4 Å². The van der Waals surface area contributed by atoms with Gasteiger partial charge in [0.2, 0.25) is 0 Å². The Hall–Kier alpha value is -1.65. The monoisotopic (exact) mass is 700 g/mol. The zero-order valence-electron chi connectivity index (χ0n) is 29.6. The molecule has 1 spiro atoms. The fourth-order valence-corrected chi connectivity index (χ4v) is 15.1. The Bertz CT molecular complexity index is 1290. The summed E-state index contributed by atoms with van der Waals surface area (Å²) in [4.78, 5) is 40.5. The molecule has 13 fully saturated rings. The number of hydrogen-bond acceptors (Lipinski definition) is 8. The van der Waals surface area contributed by atoms with Crippen molar-refractivity contribution in [3.63, 3.8) is 0 Å². The minimum absolute atomic E-state index is 0.0249. The van der Waals surface area contributed by atoms with Crippen LogP contribution in [-0.4, -0.2) is 67.1 Å². The highest BCUT2D eigenvalue weighted by atomic mass is 19.3. The van der Waals surface area contributed by atoms with Crippen molar-refractivity contribution in [2.75, 3.05) is 26.4 Å². The summed E-state index contributed by atoms with van der Waals surface area (Å²) in [6, 6.07) is 0. The van der Waals surface area contributed by atoms with E-state index in [-0.39, 0.29) is 61.3 Å². The molecule has 12 bridgehead atoms. The van der Waals surface area contributed by atoms with Crippen LogP contribution < -0.4 is 0 Å². The molecule has 2 unspecified atom stereocenters. The van der Waals surface area contributed by atoms with Crippen LogP contribution in [0.25, 0.3) is 0 Å². The number of esters is 2. The molecule has 13 aliphatic rings. The molecule has 0 aromatic rings. The van der Waals surface area contributed by atoms with Crippen molar-refractivity contribution < 1.29 is 46.8 Å². The van der Waals surface area contributed by atoms with Gasteiger partial charge in [0.1, 0.15) is 24.4 Å². The van der Waals surface area contributed by atoms with E-state index in [1.807, 2.05) is 0 Å². The fraction of sp³-hybridized carbons (Fsp3) is 0.925. The van der Waals surface area contributed by atoms with Gasteiger partial charge >= 0.3 is 17.9 Å². The molecular weight excluding hydrogens is 646 g/mol. The van der Waals surface area contributed by atoms with E-state index in [0.717, 1.165) is 51.4 Å². The van der Waals surface area contributed by atoms with Crippen LogP contribution in [0.5, 0.6) is 0 Å². The van der Waals surface area contributed by atoms with Crippen LogP contribution in [0.4, 0.5) is 8.78 Å². The smallest absolute Gasteiger partial charge is 0.377 e. The van der Waals surface area contributed by atoms with E-state index in [0.29, 0.717) is 61.7 Å². The number of halogens is 2. The van der Waals surface area contributed by atoms with Gasteiger partial charge in [-0.15, -0.1) is 0 Å². The highest BCUT2D eigenvalue weighted by Crippen LogP contribution is 2.65. The van der Waals surface area contributed by atoms with Gasteiger partial charge in [0, 0.05) is 24.2 Å². The highest BCUT2D eigenvalue weighted by Gasteiger charge is 2.68. The molecule has 0 amide bonds. The van der Waals surface area contributed by atoms with Gasteiger partial charge in [-0.25, -0.2) is 4.79 Å². The van der Waals surface area contributed by atoms with Crippen molar-refractivity contribution in [3.8, 4) is 0 Å². The van der Waals surface area contributed by atoms with Crippen LogP contribution in [0.1, 0.15) is 116 Å². The standard InChI is InChI=1S/C40H54F2O8/c1-35(41,42)33(44)50-38-16-29-8-30(17-38)40(31(9-29)18-38)48-21-39(22-49-40,20-46-34(45)37-13-26-5-27(14-37)7-28(6-26)15-37)47-19-32(43)36-10-23-2-24(11-36)4-25(3-23)12-36/h23-31H,2-22H2,1H3. The first-order valence-electron chi connectivity index (χ1n) is 20.0. The SMILES string of the molecule is CC(F)(F)C(=O)OC12CC3CC(C1)C1(OCC(COC(=O)C45CC6CC(CC(C6)C4)C5)(OCC(=O)C45CC6CC(CC(C6)C4)C5)CO1)C(C3)C2. The summed E-state index contributed by atoms with van der Waals surface area (Å²) >= 11 is 0. The van der Waals surface area contributed by atoms with Crippen molar-refractivity contribution in [1.82, 2.24) is 0 Å². The van der Waals surface area contributed by atoms with E-state index < -0.39 is 34.3 Å². The minimum Gasteiger partial charge on any atom is -0.462 e. The number of ether oxygens (including phenoxy) is 5. The van der Waals surface area contributed by atoms with Crippen LogP contribution >= 0.6 is 0 Å². The van der Waals surface area contributed by atoms with E-state index in [4.69, 9.17) is 23.7 Å². The van der Waals surface area contributed by atoms with Crippen molar-refractivity contribution in [1.29, 1.82) is 0 Å². The van der Waals surface area contributed by atoms with Gasteiger partial charge in [0.15, 0.2) is 11.6 Å². The summed E-state index contributed by atoms with van der Waals surface area (Å²) in [6.45, 7) is 0.761. The third-order valence-corrected chi connectivity index (χ3v) is 16.1. The average molecular weight is 701 g/mol. The van der Waals surface area contributed by atoms with Crippen LogP contribution in [-0.2, 0) is 38.1 Å². The van der Waals surface area contributed by atoms with Crippen LogP contribution in [0, 0.1) is 64.1 Å². The van der Waals surface area contributed by atoms with Gasteiger partial charge in [0.25, 0.3) is 0 Å². The van der Waals surface area contributed by atoms with Gasteiger partial charge in [-0.3, -0.25) is 9.59 Å². The van der Waals surface area contributed by atoms with Gasteiger partial charge in [-0.1, -0.05) is 0 Å². The number of Topliss-reactive ketones (excluding diaryl/α,β-unsaturated/α-hetero) is 1. The van der Waals surface area contributed by atoms with Crippen LogP contribution in [0.3, 0.4) is 0 Å². The van der Waals surface area contributed by atoms with Crippen LogP contribution in [0.2, 0.25) is 0 Å². The third-order valence-electron chi connectivity index (χ3n) is 16.1. The zero-order chi connectivity index (χ0) is 34.3. The number of alkyl halides is 2. The zero-order valence-corrected chi connectivity index (χ0v) is 29.6. The van der Waals surface area contributed by atoms with Gasteiger partial charge in [0.05, 0.1) is 18.6 Å².